The number of amides is 1. The molecule has 0 N–H and O–H groups in total. The van der Waals surface area contributed by atoms with Crippen LogP contribution in [0.1, 0.15) is 21.7 Å². The van der Waals surface area contributed by atoms with E-state index in [4.69, 9.17) is 9.26 Å². The summed E-state index contributed by atoms with van der Waals surface area (Å²) in [5.74, 6) is 1.51. The van der Waals surface area contributed by atoms with Gasteiger partial charge in [0.05, 0.1) is 25.4 Å². The number of rotatable bonds is 2. The SMILES string of the molecule is COc1ccc(Br)c(C(=O)N2CCc3oncc3C2)c1. The van der Waals surface area contributed by atoms with Crippen molar-refractivity contribution in [3.05, 3.63) is 45.8 Å². The molecule has 104 valence electrons. The average molecular weight is 337 g/mol. The maximum atomic E-state index is 12.6. The minimum atomic E-state index is -0.0253. The van der Waals surface area contributed by atoms with Gasteiger partial charge in [0.25, 0.3) is 5.91 Å². The number of ether oxygens (including phenoxy) is 1. The molecule has 0 saturated heterocycles. The summed E-state index contributed by atoms with van der Waals surface area (Å²) in [4.78, 5) is 14.4. The molecule has 1 aliphatic rings. The van der Waals surface area contributed by atoms with E-state index in [0.717, 1.165) is 15.8 Å². The number of hydrogen-bond acceptors (Lipinski definition) is 4. The first kappa shape index (κ1) is 13.2. The largest absolute Gasteiger partial charge is 0.497 e. The highest BCUT2D eigenvalue weighted by molar-refractivity contribution is 9.10. The van der Waals surface area contributed by atoms with Crippen LogP contribution in [0.25, 0.3) is 0 Å². The van der Waals surface area contributed by atoms with E-state index in [1.807, 2.05) is 12.1 Å². The Morgan fingerprint density at radius 2 is 2.35 bits per heavy atom. The quantitative estimate of drug-likeness (QED) is 0.845. The predicted molar refractivity (Wildman–Crippen MR) is 75.6 cm³/mol. The van der Waals surface area contributed by atoms with Gasteiger partial charge in [0.15, 0.2) is 0 Å². The number of nitrogens with zero attached hydrogens (tertiary/aromatic N) is 2. The van der Waals surface area contributed by atoms with Gasteiger partial charge in [-0.05, 0) is 34.1 Å². The lowest BCUT2D eigenvalue weighted by atomic mass is 10.1. The Kier molecular flexibility index (Phi) is 3.48. The Hall–Kier alpha value is -1.82. The van der Waals surface area contributed by atoms with Gasteiger partial charge in [-0.25, -0.2) is 0 Å². The van der Waals surface area contributed by atoms with Crippen LogP contribution in [0.2, 0.25) is 0 Å². The lowest BCUT2D eigenvalue weighted by Gasteiger charge is -2.26. The molecule has 2 aromatic rings. The second-order valence-corrected chi connectivity index (χ2v) is 5.45. The summed E-state index contributed by atoms with van der Waals surface area (Å²) < 4.78 is 11.1. The van der Waals surface area contributed by atoms with Crippen molar-refractivity contribution in [2.75, 3.05) is 13.7 Å². The second-order valence-electron chi connectivity index (χ2n) is 4.60. The van der Waals surface area contributed by atoms with E-state index < -0.39 is 0 Å². The average Bonchev–Trinajstić information content (AvgIpc) is 2.94. The van der Waals surface area contributed by atoms with E-state index >= 15 is 0 Å². The third-order valence-electron chi connectivity index (χ3n) is 3.39. The van der Waals surface area contributed by atoms with Crippen LogP contribution in [0.15, 0.2) is 33.4 Å². The zero-order valence-corrected chi connectivity index (χ0v) is 12.5. The van der Waals surface area contributed by atoms with Gasteiger partial charge in [0, 0.05) is 23.0 Å². The minimum Gasteiger partial charge on any atom is -0.497 e. The summed E-state index contributed by atoms with van der Waals surface area (Å²) in [5.41, 5.74) is 1.58. The molecule has 3 rings (SSSR count). The lowest BCUT2D eigenvalue weighted by molar-refractivity contribution is 0.0727. The summed E-state index contributed by atoms with van der Waals surface area (Å²) in [7, 11) is 1.59. The predicted octanol–water partition coefficient (Wildman–Crippen LogP) is 2.64. The fourth-order valence-corrected chi connectivity index (χ4v) is 2.70. The normalized spacial score (nSPS) is 14.0. The van der Waals surface area contributed by atoms with Gasteiger partial charge < -0.3 is 14.2 Å². The molecule has 0 radical (unpaired) electrons. The zero-order chi connectivity index (χ0) is 14.1. The van der Waals surface area contributed by atoms with Crippen molar-refractivity contribution in [3.63, 3.8) is 0 Å². The van der Waals surface area contributed by atoms with Crippen molar-refractivity contribution in [3.8, 4) is 5.75 Å². The second kappa shape index (κ2) is 5.28. The van der Waals surface area contributed by atoms with Crippen LogP contribution in [0.3, 0.4) is 0 Å². The van der Waals surface area contributed by atoms with E-state index in [2.05, 4.69) is 21.1 Å². The van der Waals surface area contributed by atoms with Crippen LogP contribution in [0.4, 0.5) is 0 Å². The molecule has 0 bridgehead atoms. The third kappa shape index (κ3) is 2.31. The topological polar surface area (TPSA) is 55.6 Å². The van der Waals surface area contributed by atoms with Crippen molar-refractivity contribution >= 4 is 21.8 Å². The first-order chi connectivity index (χ1) is 9.69. The molecule has 2 heterocycles. The van der Waals surface area contributed by atoms with Crippen LogP contribution in [-0.2, 0) is 13.0 Å². The molecule has 0 saturated carbocycles. The molecule has 5 nitrogen and oxygen atoms in total. The molecular weight excluding hydrogens is 324 g/mol. The number of benzene rings is 1. The van der Waals surface area contributed by atoms with Crippen LogP contribution in [0, 0.1) is 0 Å². The lowest BCUT2D eigenvalue weighted by Crippen LogP contribution is -2.35. The number of fused-ring (bicyclic) bond motifs is 1. The Bertz CT molecular complexity index is 654. The summed E-state index contributed by atoms with van der Waals surface area (Å²) >= 11 is 3.42. The number of aromatic nitrogens is 1. The maximum Gasteiger partial charge on any atom is 0.255 e. The first-order valence-corrected chi connectivity index (χ1v) is 7.03. The molecule has 1 aromatic carbocycles. The summed E-state index contributed by atoms with van der Waals surface area (Å²) in [6, 6.07) is 5.38. The molecule has 1 aromatic heterocycles. The number of halogens is 1. The summed E-state index contributed by atoms with van der Waals surface area (Å²) in [6.07, 6.45) is 2.37. The minimum absolute atomic E-state index is 0.0253. The van der Waals surface area contributed by atoms with Crippen LogP contribution >= 0.6 is 15.9 Å². The Morgan fingerprint density at radius 3 is 3.15 bits per heavy atom. The van der Waals surface area contributed by atoms with Gasteiger partial charge >= 0.3 is 0 Å². The van der Waals surface area contributed by atoms with Crippen molar-refractivity contribution in [1.82, 2.24) is 10.1 Å². The van der Waals surface area contributed by atoms with Crippen molar-refractivity contribution in [2.24, 2.45) is 0 Å². The number of carbonyl (C=O) groups is 1. The molecule has 0 spiro atoms. The molecule has 1 amide bonds. The fraction of sp³-hybridized carbons (Fsp3) is 0.286. The van der Waals surface area contributed by atoms with E-state index in [1.165, 1.54) is 0 Å². The Morgan fingerprint density at radius 1 is 1.50 bits per heavy atom. The fourth-order valence-electron chi connectivity index (χ4n) is 2.28. The van der Waals surface area contributed by atoms with Gasteiger partial charge in [-0.2, -0.15) is 0 Å². The molecular formula is C14H13BrN2O3. The maximum absolute atomic E-state index is 12.6. The van der Waals surface area contributed by atoms with Gasteiger partial charge in [0.1, 0.15) is 11.5 Å². The van der Waals surface area contributed by atoms with E-state index in [9.17, 15) is 4.79 Å². The van der Waals surface area contributed by atoms with Crippen molar-refractivity contribution in [1.29, 1.82) is 0 Å². The third-order valence-corrected chi connectivity index (χ3v) is 4.08. The molecule has 0 unspecified atom stereocenters. The van der Waals surface area contributed by atoms with E-state index in [1.54, 1.807) is 24.3 Å². The van der Waals surface area contributed by atoms with Crippen molar-refractivity contribution in [2.45, 2.75) is 13.0 Å². The Labute approximate surface area is 124 Å². The molecule has 0 fully saturated rings. The highest BCUT2D eigenvalue weighted by Gasteiger charge is 2.25. The highest BCUT2D eigenvalue weighted by Crippen LogP contribution is 2.26. The molecule has 20 heavy (non-hydrogen) atoms. The van der Waals surface area contributed by atoms with Crippen LogP contribution < -0.4 is 4.74 Å². The van der Waals surface area contributed by atoms with Crippen LogP contribution in [0.5, 0.6) is 5.75 Å². The van der Waals surface area contributed by atoms with E-state index in [0.29, 0.717) is 30.8 Å². The number of carbonyl (C=O) groups excluding carboxylic acids is 1. The first-order valence-electron chi connectivity index (χ1n) is 6.24. The smallest absolute Gasteiger partial charge is 0.255 e. The summed E-state index contributed by atoms with van der Waals surface area (Å²) in [6.45, 7) is 1.16. The van der Waals surface area contributed by atoms with Gasteiger partial charge in [-0.15, -0.1) is 0 Å². The molecule has 6 heteroatoms. The highest BCUT2D eigenvalue weighted by atomic mass is 79.9. The molecule has 0 aliphatic carbocycles. The van der Waals surface area contributed by atoms with Gasteiger partial charge in [0.2, 0.25) is 0 Å². The van der Waals surface area contributed by atoms with Gasteiger partial charge in [-0.1, -0.05) is 5.16 Å². The number of hydrogen-bond donors (Lipinski definition) is 0. The molecule has 1 aliphatic heterocycles. The standard InChI is InChI=1S/C14H13BrN2O3/c1-19-10-2-3-12(15)11(6-10)14(18)17-5-4-13-9(8-17)7-16-20-13/h2-3,6-7H,4-5,8H2,1H3. The summed E-state index contributed by atoms with van der Waals surface area (Å²) in [5, 5.41) is 3.77. The monoisotopic (exact) mass is 336 g/mol. The van der Waals surface area contributed by atoms with Crippen LogP contribution in [-0.4, -0.2) is 29.6 Å². The van der Waals surface area contributed by atoms with Gasteiger partial charge in [-0.3, -0.25) is 4.79 Å². The number of methoxy groups -OCH3 is 1. The Balaban J connectivity index is 1.87. The van der Waals surface area contributed by atoms with E-state index in [-0.39, 0.29) is 5.91 Å². The molecule has 0 atom stereocenters. The van der Waals surface area contributed by atoms with Crippen molar-refractivity contribution < 1.29 is 14.1 Å². The zero-order valence-electron chi connectivity index (χ0n) is 10.9.